The number of methoxy groups -OCH3 is 1. The largest absolute Gasteiger partial charge is 0.497 e. The number of piperazine rings is 1. The quantitative estimate of drug-likeness (QED) is 0.382. The second-order valence-electron chi connectivity index (χ2n) is 10.1. The van der Waals surface area contributed by atoms with Crippen LogP contribution in [0.1, 0.15) is 35.8 Å². The summed E-state index contributed by atoms with van der Waals surface area (Å²) in [4.78, 5) is 21.4. The fraction of sp³-hybridized carbons (Fsp3) is 0.429. The second kappa shape index (κ2) is 11.0. The van der Waals surface area contributed by atoms with E-state index in [1.165, 1.54) is 5.56 Å². The number of pyridine rings is 1. The third-order valence-corrected chi connectivity index (χ3v) is 7.60. The molecule has 2 aromatic heterocycles. The van der Waals surface area contributed by atoms with Crippen LogP contribution in [0.25, 0.3) is 10.9 Å². The zero-order valence-corrected chi connectivity index (χ0v) is 21.6. The van der Waals surface area contributed by atoms with Gasteiger partial charge in [0, 0.05) is 55.8 Å². The van der Waals surface area contributed by atoms with Crippen molar-refractivity contribution in [2.24, 2.45) is 0 Å². The van der Waals surface area contributed by atoms with E-state index >= 15 is 0 Å². The van der Waals surface area contributed by atoms with Crippen molar-refractivity contribution in [3.8, 4) is 5.75 Å². The summed E-state index contributed by atoms with van der Waals surface area (Å²) < 4.78 is 13.1. The van der Waals surface area contributed by atoms with Gasteiger partial charge in [0.25, 0.3) is 5.56 Å². The van der Waals surface area contributed by atoms with Crippen molar-refractivity contribution in [2.45, 2.75) is 38.1 Å². The molecular formula is C28H33N7O3. The minimum Gasteiger partial charge on any atom is -0.497 e. The average Bonchev–Trinajstić information content (AvgIpc) is 3.63. The van der Waals surface area contributed by atoms with Crippen molar-refractivity contribution in [1.82, 2.24) is 35.0 Å². The minimum atomic E-state index is -0.385. The third kappa shape index (κ3) is 5.20. The molecule has 2 fully saturated rings. The van der Waals surface area contributed by atoms with E-state index in [9.17, 15) is 4.79 Å². The Hall–Kier alpha value is -3.60. The molecule has 4 aromatic rings. The summed E-state index contributed by atoms with van der Waals surface area (Å²) in [6.45, 7) is 5.61. The first-order valence-corrected chi connectivity index (χ1v) is 13.3. The molecule has 0 radical (unpaired) electrons. The normalized spacial score (nSPS) is 19.7. The van der Waals surface area contributed by atoms with Gasteiger partial charge in [0.2, 0.25) is 0 Å². The molecule has 6 rings (SSSR count). The first kappa shape index (κ1) is 24.7. The van der Waals surface area contributed by atoms with E-state index in [1.54, 1.807) is 7.11 Å². The Labute approximate surface area is 221 Å². The third-order valence-electron chi connectivity index (χ3n) is 7.60. The van der Waals surface area contributed by atoms with Gasteiger partial charge in [-0.2, -0.15) is 0 Å². The molecule has 10 heteroatoms. The van der Waals surface area contributed by atoms with E-state index in [1.807, 2.05) is 35.0 Å². The molecule has 0 bridgehead atoms. The van der Waals surface area contributed by atoms with Gasteiger partial charge in [-0.15, -0.1) is 5.10 Å². The van der Waals surface area contributed by atoms with Gasteiger partial charge in [0.15, 0.2) is 5.82 Å². The lowest BCUT2D eigenvalue weighted by molar-refractivity contribution is 0.0840. The number of fused-ring (bicyclic) bond motifs is 1. The van der Waals surface area contributed by atoms with E-state index < -0.39 is 0 Å². The molecule has 38 heavy (non-hydrogen) atoms. The number of H-pyrrole nitrogens is 1. The van der Waals surface area contributed by atoms with Gasteiger partial charge >= 0.3 is 0 Å². The Morgan fingerprint density at radius 1 is 1.11 bits per heavy atom. The smallest absolute Gasteiger partial charge is 0.253 e. The van der Waals surface area contributed by atoms with Crippen LogP contribution < -0.4 is 10.3 Å². The highest BCUT2D eigenvalue weighted by atomic mass is 16.5. The van der Waals surface area contributed by atoms with E-state index in [0.717, 1.165) is 68.8 Å². The molecule has 2 atom stereocenters. The van der Waals surface area contributed by atoms with Crippen LogP contribution >= 0.6 is 0 Å². The molecule has 198 valence electrons. The second-order valence-corrected chi connectivity index (χ2v) is 10.1. The van der Waals surface area contributed by atoms with Gasteiger partial charge < -0.3 is 14.5 Å². The van der Waals surface area contributed by atoms with E-state index in [4.69, 9.17) is 9.47 Å². The summed E-state index contributed by atoms with van der Waals surface area (Å²) in [5, 5.41) is 13.7. The number of aromatic amines is 1. The summed E-state index contributed by atoms with van der Waals surface area (Å²) in [5.41, 5.74) is 2.57. The number of nitrogens with one attached hydrogen (secondary N) is 1. The van der Waals surface area contributed by atoms with E-state index in [-0.39, 0.29) is 17.7 Å². The summed E-state index contributed by atoms with van der Waals surface area (Å²) in [5.74, 6) is 1.41. The Balaban J connectivity index is 1.33. The molecule has 0 aliphatic carbocycles. The van der Waals surface area contributed by atoms with Gasteiger partial charge in [-0.25, -0.2) is 4.68 Å². The predicted octanol–water partition coefficient (Wildman–Crippen LogP) is 2.61. The monoisotopic (exact) mass is 515 g/mol. The highest BCUT2D eigenvalue weighted by Gasteiger charge is 2.33. The van der Waals surface area contributed by atoms with Crippen LogP contribution in [-0.4, -0.2) is 81.0 Å². The number of rotatable bonds is 8. The van der Waals surface area contributed by atoms with Gasteiger partial charge in [-0.05, 0) is 53.1 Å². The topological polar surface area (TPSA) is 101 Å². The van der Waals surface area contributed by atoms with E-state index in [0.29, 0.717) is 17.9 Å². The molecule has 0 unspecified atom stereocenters. The van der Waals surface area contributed by atoms with Crippen LogP contribution in [-0.2, 0) is 17.8 Å². The highest BCUT2D eigenvalue weighted by Crippen LogP contribution is 2.29. The average molecular weight is 516 g/mol. The molecule has 4 heterocycles. The van der Waals surface area contributed by atoms with Crippen molar-refractivity contribution >= 4 is 10.9 Å². The van der Waals surface area contributed by atoms with Crippen molar-refractivity contribution in [2.75, 3.05) is 39.9 Å². The lowest BCUT2D eigenvalue weighted by Gasteiger charge is -2.38. The van der Waals surface area contributed by atoms with E-state index in [2.05, 4.69) is 54.6 Å². The van der Waals surface area contributed by atoms with Gasteiger partial charge in [-0.3, -0.25) is 14.6 Å². The standard InChI is InChI=1S/C28H33N7O3/c1-37-22-9-10-25-21(16-22)17-24(28(36)29-25)26(27-30-31-32-35(27)19-23-8-5-15-38-23)34-13-11-33(12-14-34)18-20-6-3-2-4-7-20/h2-4,6-7,9-10,16-17,23,26H,5,8,11-15,18-19H2,1H3,(H,29,36)/t23-,26+/m0/s1. The summed E-state index contributed by atoms with van der Waals surface area (Å²) >= 11 is 0. The van der Waals surface area contributed by atoms with Crippen molar-refractivity contribution in [1.29, 1.82) is 0 Å². The Kier molecular flexibility index (Phi) is 7.17. The zero-order valence-electron chi connectivity index (χ0n) is 21.6. The van der Waals surface area contributed by atoms with Crippen molar-refractivity contribution in [3.63, 3.8) is 0 Å². The molecule has 0 amide bonds. The summed E-state index contributed by atoms with van der Waals surface area (Å²) in [6.07, 6.45) is 2.11. The maximum absolute atomic E-state index is 13.5. The maximum atomic E-state index is 13.5. The number of benzene rings is 2. The van der Waals surface area contributed by atoms with Crippen LogP contribution in [0.4, 0.5) is 0 Å². The number of nitrogens with zero attached hydrogens (tertiary/aromatic N) is 6. The fourth-order valence-electron chi connectivity index (χ4n) is 5.57. The lowest BCUT2D eigenvalue weighted by atomic mass is 10.0. The Morgan fingerprint density at radius 2 is 1.95 bits per heavy atom. The molecular weight excluding hydrogens is 482 g/mol. The molecule has 10 nitrogen and oxygen atoms in total. The number of aromatic nitrogens is 5. The number of hydrogen-bond donors (Lipinski definition) is 1. The molecule has 1 N–H and O–H groups in total. The fourth-order valence-corrected chi connectivity index (χ4v) is 5.57. The first-order chi connectivity index (χ1) is 18.7. The first-order valence-electron chi connectivity index (χ1n) is 13.3. The molecule has 2 saturated heterocycles. The minimum absolute atomic E-state index is 0.0831. The van der Waals surface area contributed by atoms with Crippen LogP contribution in [0.5, 0.6) is 5.75 Å². The molecule has 0 spiro atoms. The number of hydrogen-bond acceptors (Lipinski definition) is 8. The lowest BCUT2D eigenvalue weighted by Crippen LogP contribution is -2.48. The Bertz CT molecular complexity index is 1420. The van der Waals surface area contributed by atoms with Gasteiger partial charge in [0.05, 0.1) is 19.8 Å². The number of ether oxygens (including phenoxy) is 2. The van der Waals surface area contributed by atoms with Crippen LogP contribution in [0.15, 0.2) is 59.4 Å². The highest BCUT2D eigenvalue weighted by molar-refractivity contribution is 5.80. The molecule has 0 saturated carbocycles. The van der Waals surface area contributed by atoms with Gasteiger partial charge in [-0.1, -0.05) is 30.3 Å². The molecule has 2 aliphatic heterocycles. The maximum Gasteiger partial charge on any atom is 0.253 e. The SMILES string of the molecule is COc1ccc2[nH]c(=O)c([C@H](c3nnnn3C[C@@H]3CCCO3)N3CCN(Cc4ccccc4)CC3)cc2c1. The predicted molar refractivity (Wildman–Crippen MR) is 143 cm³/mol. The van der Waals surface area contributed by atoms with Crippen molar-refractivity contribution < 1.29 is 9.47 Å². The summed E-state index contributed by atoms with van der Waals surface area (Å²) in [7, 11) is 1.64. The van der Waals surface area contributed by atoms with Crippen LogP contribution in [0.2, 0.25) is 0 Å². The molecule has 2 aromatic carbocycles. The molecule has 2 aliphatic rings. The van der Waals surface area contributed by atoms with Crippen molar-refractivity contribution in [3.05, 3.63) is 81.9 Å². The Morgan fingerprint density at radius 3 is 2.71 bits per heavy atom. The van der Waals surface area contributed by atoms with Gasteiger partial charge in [0.1, 0.15) is 11.8 Å². The summed E-state index contributed by atoms with van der Waals surface area (Å²) in [6, 6.07) is 17.8. The number of tetrazole rings is 1. The zero-order chi connectivity index (χ0) is 25.9. The van der Waals surface area contributed by atoms with Crippen LogP contribution in [0.3, 0.4) is 0 Å². The van der Waals surface area contributed by atoms with Crippen LogP contribution in [0, 0.1) is 0 Å².